The molecule has 0 fully saturated rings. The van der Waals surface area contributed by atoms with Crippen LogP contribution in [-0.2, 0) is 11.3 Å². The first-order valence-corrected chi connectivity index (χ1v) is 6.44. The number of amides is 1. The number of aromatic nitrogens is 2. The molecule has 19 heavy (non-hydrogen) atoms. The van der Waals surface area contributed by atoms with E-state index in [0.717, 1.165) is 23.4 Å². The summed E-state index contributed by atoms with van der Waals surface area (Å²) in [5.41, 5.74) is 1.95. The van der Waals surface area contributed by atoms with E-state index in [1.165, 1.54) is 0 Å². The number of likely N-dealkylation sites (N-methyl/N-ethyl adjacent to an activating group) is 2. The minimum Gasteiger partial charge on any atom is -0.343 e. The van der Waals surface area contributed by atoms with Crippen molar-refractivity contribution >= 4 is 16.9 Å². The Balaban J connectivity index is 2.17. The van der Waals surface area contributed by atoms with Gasteiger partial charge in [0.05, 0.1) is 11.0 Å². The second-order valence-corrected chi connectivity index (χ2v) is 4.65. The summed E-state index contributed by atoms with van der Waals surface area (Å²) in [6.07, 6.45) is 0. The van der Waals surface area contributed by atoms with Gasteiger partial charge in [-0.1, -0.05) is 12.1 Å². The molecule has 102 valence electrons. The van der Waals surface area contributed by atoms with E-state index in [4.69, 9.17) is 0 Å². The molecule has 0 bridgehead atoms. The predicted molar refractivity (Wildman–Crippen MR) is 76.0 cm³/mol. The molecule has 1 amide bonds. The van der Waals surface area contributed by atoms with Gasteiger partial charge in [-0.3, -0.25) is 4.79 Å². The zero-order valence-electron chi connectivity index (χ0n) is 11.7. The molecule has 0 aliphatic rings. The molecule has 0 unspecified atom stereocenters. The largest absolute Gasteiger partial charge is 0.343 e. The van der Waals surface area contributed by atoms with E-state index >= 15 is 0 Å². The molecule has 1 aromatic carbocycles. The average molecular weight is 260 g/mol. The summed E-state index contributed by atoms with van der Waals surface area (Å²) in [5.74, 6) is 0.970. The van der Waals surface area contributed by atoms with Gasteiger partial charge in [0.1, 0.15) is 12.4 Å². The van der Waals surface area contributed by atoms with Crippen LogP contribution in [0.25, 0.3) is 11.0 Å². The number of carbonyl (C=O) groups is 1. The van der Waals surface area contributed by atoms with Gasteiger partial charge in [-0.15, -0.1) is 0 Å². The van der Waals surface area contributed by atoms with E-state index in [1.54, 1.807) is 4.90 Å². The average Bonchev–Trinajstić information content (AvgIpc) is 2.72. The number of carbonyl (C=O) groups excluding carboxylic acids is 1. The van der Waals surface area contributed by atoms with Gasteiger partial charge in [0.2, 0.25) is 5.91 Å². The molecule has 0 atom stereocenters. The van der Waals surface area contributed by atoms with Crippen molar-refractivity contribution in [2.45, 2.75) is 13.5 Å². The molecule has 2 aromatic rings. The second kappa shape index (κ2) is 5.84. The Morgan fingerprint density at radius 1 is 1.42 bits per heavy atom. The van der Waals surface area contributed by atoms with Crippen LogP contribution < -0.4 is 5.32 Å². The third-order valence-electron chi connectivity index (χ3n) is 3.26. The summed E-state index contributed by atoms with van der Waals surface area (Å²) in [5, 5.41) is 3.04. The molecule has 0 aliphatic heterocycles. The Morgan fingerprint density at radius 2 is 2.16 bits per heavy atom. The Labute approximate surface area is 113 Å². The minimum atomic E-state index is 0.0986. The Kier molecular flexibility index (Phi) is 4.16. The normalized spacial score (nSPS) is 10.9. The molecular weight excluding hydrogens is 240 g/mol. The van der Waals surface area contributed by atoms with Crippen LogP contribution in [0.4, 0.5) is 0 Å². The molecule has 1 N–H and O–H groups in total. The molecule has 5 nitrogen and oxygen atoms in total. The number of para-hydroxylation sites is 2. The SMILES string of the molecule is CNCCN(C)C(=O)Cn1c(C)nc2ccccc21. The molecule has 2 rings (SSSR count). The second-order valence-electron chi connectivity index (χ2n) is 4.65. The van der Waals surface area contributed by atoms with Gasteiger partial charge in [-0.05, 0) is 26.1 Å². The van der Waals surface area contributed by atoms with Crippen molar-refractivity contribution in [2.75, 3.05) is 27.2 Å². The number of aryl methyl sites for hydroxylation is 1. The van der Waals surface area contributed by atoms with Gasteiger partial charge in [0.25, 0.3) is 0 Å². The summed E-state index contributed by atoms with van der Waals surface area (Å²) < 4.78 is 1.97. The van der Waals surface area contributed by atoms with Crippen molar-refractivity contribution in [3.8, 4) is 0 Å². The fraction of sp³-hybridized carbons (Fsp3) is 0.429. The maximum Gasteiger partial charge on any atom is 0.242 e. The molecule has 0 saturated carbocycles. The number of rotatable bonds is 5. The highest BCUT2D eigenvalue weighted by Crippen LogP contribution is 2.15. The van der Waals surface area contributed by atoms with Gasteiger partial charge in [0, 0.05) is 20.1 Å². The fourth-order valence-electron chi connectivity index (χ4n) is 2.06. The lowest BCUT2D eigenvalue weighted by molar-refractivity contribution is -0.130. The lowest BCUT2D eigenvalue weighted by Crippen LogP contribution is -2.35. The molecule has 0 saturated heterocycles. The summed E-state index contributed by atoms with van der Waals surface area (Å²) in [4.78, 5) is 18.4. The van der Waals surface area contributed by atoms with Crippen molar-refractivity contribution in [3.63, 3.8) is 0 Å². The minimum absolute atomic E-state index is 0.0986. The highest BCUT2D eigenvalue weighted by Gasteiger charge is 2.13. The fourth-order valence-corrected chi connectivity index (χ4v) is 2.06. The number of hydrogen-bond donors (Lipinski definition) is 1. The summed E-state index contributed by atoms with van der Waals surface area (Å²) in [6, 6.07) is 7.89. The monoisotopic (exact) mass is 260 g/mol. The highest BCUT2D eigenvalue weighted by molar-refractivity contribution is 5.81. The lowest BCUT2D eigenvalue weighted by Gasteiger charge is -2.18. The van der Waals surface area contributed by atoms with E-state index in [1.807, 2.05) is 49.9 Å². The van der Waals surface area contributed by atoms with Gasteiger partial charge in [-0.25, -0.2) is 4.98 Å². The molecule has 0 aliphatic carbocycles. The third-order valence-corrected chi connectivity index (χ3v) is 3.26. The molecule has 5 heteroatoms. The van der Waals surface area contributed by atoms with Crippen molar-refractivity contribution < 1.29 is 4.79 Å². The van der Waals surface area contributed by atoms with Crippen LogP contribution in [0.5, 0.6) is 0 Å². The van der Waals surface area contributed by atoms with Gasteiger partial charge in [-0.2, -0.15) is 0 Å². The first-order chi connectivity index (χ1) is 9.13. The topological polar surface area (TPSA) is 50.2 Å². The van der Waals surface area contributed by atoms with Gasteiger partial charge < -0.3 is 14.8 Å². The Bertz CT molecular complexity index is 576. The summed E-state index contributed by atoms with van der Waals surface area (Å²) in [6.45, 7) is 3.78. The van der Waals surface area contributed by atoms with Gasteiger partial charge in [0.15, 0.2) is 0 Å². The van der Waals surface area contributed by atoms with E-state index < -0.39 is 0 Å². The van der Waals surface area contributed by atoms with Crippen LogP contribution in [0.2, 0.25) is 0 Å². The molecule has 0 radical (unpaired) electrons. The lowest BCUT2D eigenvalue weighted by atomic mass is 10.3. The zero-order valence-corrected chi connectivity index (χ0v) is 11.7. The molecule has 1 aromatic heterocycles. The van der Waals surface area contributed by atoms with Crippen LogP contribution in [-0.4, -0.2) is 47.5 Å². The first-order valence-electron chi connectivity index (χ1n) is 6.44. The van der Waals surface area contributed by atoms with Crippen LogP contribution in [0, 0.1) is 6.92 Å². The van der Waals surface area contributed by atoms with Crippen LogP contribution in [0.15, 0.2) is 24.3 Å². The van der Waals surface area contributed by atoms with E-state index in [9.17, 15) is 4.79 Å². The van der Waals surface area contributed by atoms with E-state index in [-0.39, 0.29) is 5.91 Å². The van der Waals surface area contributed by atoms with E-state index in [2.05, 4.69) is 10.3 Å². The van der Waals surface area contributed by atoms with E-state index in [0.29, 0.717) is 13.1 Å². The van der Waals surface area contributed by atoms with Gasteiger partial charge >= 0.3 is 0 Å². The number of imidazole rings is 1. The highest BCUT2D eigenvalue weighted by atomic mass is 16.2. The molecular formula is C14H20N4O. The number of benzene rings is 1. The van der Waals surface area contributed by atoms with Crippen molar-refractivity contribution in [2.24, 2.45) is 0 Å². The zero-order chi connectivity index (χ0) is 13.8. The summed E-state index contributed by atoms with van der Waals surface area (Å²) >= 11 is 0. The number of nitrogens with one attached hydrogen (secondary N) is 1. The van der Waals surface area contributed by atoms with Crippen molar-refractivity contribution in [1.29, 1.82) is 0 Å². The predicted octanol–water partition coefficient (Wildman–Crippen LogP) is 1.02. The number of hydrogen-bond acceptors (Lipinski definition) is 3. The third kappa shape index (κ3) is 2.93. The Hall–Kier alpha value is -1.88. The smallest absolute Gasteiger partial charge is 0.242 e. The Morgan fingerprint density at radius 3 is 2.89 bits per heavy atom. The number of nitrogens with zero attached hydrogens (tertiary/aromatic N) is 3. The summed E-state index contributed by atoms with van der Waals surface area (Å²) in [7, 11) is 3.71. The number of fused-ring (bicyclic) bond motifs is 1. The maximum atomic E-state index is 12.2. The quantitative estimate of drug-likeness (QED) is 0.873. The maximum absolute atomic E-state index is 12.2. The van der Waals surface area contributed by atoms with Crippen molar-refractivity contribution in [3.05, 3.63) is 30.1 Å². The van der Waals surface area contributed by atoms with Crippen molar-refractivity contribution in [1.82, 2.24) is 19.8 Å². The first kappa shape index (κ1) is 13.5. The van der Waals surface area contributed by atoms with Crippen LogP contribution in [0.3, 0.4) is 0 Å². The van der Waals surface area contributed by atoms with Crippen LogP contribution in [0.1, 0.15) is 5.82 Å². The standard InChI is InChI=1S/C14H20N4O/c1-11-16-12-6-4-5-7-13(12)18(11)10-14(19)17(3)9-8-15-2/h4-7,15H,8-10H2,1-3H3. The van der Waals surface area contributed by atoms with Crippen LogP contribution >= 0.6 is 0 Å². The molecule has 0 spiro atoms. The molecule has 1 heterocycles.